The minimum atomic E-state index is -3.79. The molecule has 0 amide bonds. The van der Waals surface area contributed by atoms with Crippen LogP contribution in [-0.4, -0.2) is 38.1 Å². The van der Waals surface area contributed by atoms with Crippen LogP contribution in [0.4, 0.5) is 11.6 Å². The van der Waals surface area contributed by atoms with Gasteiger partial charge in [0.15, 0.2) is 11.6 Å². The number of hydrogen-bond acceptors (Lipinski definition) is 6. The molecule has 0 unspecified atom stereocenters. The number of rotatable bonds is 6. The van der Waals surface area contributed by atoms with Gasteiger partial charge in [0.1, 0.15) is 5.75 Å². The number of sulfonamides is 1. The van der Waals surface area contributed by atoms with Crippen LogP contribution in [0, 0.1) is 0 Å². The van der Waals surface area contributed by atoms with Crippen molar-refractivity contribution in [3.63, 3.8) is 0 Å². The van der Waals surface area contributed by atoms with Crippen molar-refractivity contribution in [3.8, 4) is 5.75 Å². The number of hydrogen-bond donors (Lipinski definition) is 1. The Bertz CT molecular complexity index is 1060. The number of para-hydroxylation sites is 2. The number of nitrogens with zero attached hydrogens (tertiary/aromatic N) is 3. The summed E-state index contributed by atoms with van der Waals surface area (Å²) in [6.45, 7) is 4.08. The van der Waals surface area contributed by atoms with Gasteiger partial charge in [-0.3, -0.25) is 4.72 Å². The Balaban J connectivity index is 1.70. The molecule has 0 atom stereocenters. The van der Waals surface area contributed by atoms with Crippen molar-refractivity contribution >= 4 is 32.7 Å². The van der Waals surface area contributed by atoms with Gasteiger partial charge in [-0.1, -0.05) is 12.1 Å². The van der Waals surface area contributed by atoms with Crippen LogP contribution >= 0.6 is 0 Å². The number of ether oxygens (including phenoxy) is 1. The largest absolute Gasteiger partial charge is 0.494 e. The van der Waals surface area contributed by atoms with Crippen molar-refractivity contribution in [3.05, 3.63) is 48.5 Å². The predicted octanol–water partition coefficient (Wildman–Crippen LogP) is 3.04. The van der Waals surface area contributed by atoms with E-state index in [1.165, 1.54) is 12.1 Å². The molecule has 4 rings (SSSR count). The predicted molar refractivity (Wildman–Crippen MR) is 105 cm³/mol. The molecule has 0 spiro atoms. The van der Waals surface area contributed by atoms with Crippen molar-refractivity contribution in [1.29, 1.82) is 0 Å². The standard InChI is InChI=1S/C19H20N4O3S/c1-2-26-14-8-10-15(11-9-14)27(24,25)22-18-19(23-12-5-13-23)21-17-7-4-3-6-16(17)20-18/h3-4,6-11H,2,5,12-13H2,1H3,(H,20,22). The van der Waals surface area contributed by atoms with Gasteiger partial charge in [0, 0.05) is 13.1 Å². The maximum atomic E-state index is 12.8. The van der Waals surface area contributed by atoms with E-state index in [-0.39, 0.29) is 10.7 Å². The van der Waals surface area contributed by atoms with Crippen LogP contribution < -0.4 is 14.4 Å². The first-order chi connectivity index (χ1) is 13.1. The van der Waals surface area contributed by atoms with Gasteiger partial charge >= 0.3 is 0 Å². The highest BCUT2D eigenvalue weighted by atomic mass is 32.2. The number of fused-ring (bicyclic) bond motifs is 1. The third kappa shape index (κ3) is 3.52. The van der Waals surface area contributed by atoms with Gasteiger partial charge < -0.3 is 9.64 Å². The number of anilines is 2. The molecule has 1 fully saturated rings. The summed E-state index contributed by atoms with van der Waals surface area (Å²) in [4.78, 5) is 11.3. The van der Waals surface area contributed by atoms with Crippen LogP contribution in [-0.2, 0) is 10.0 Å². The number of nitrogens with one attached hydrogen (secondary N) is 1. The maximum absolute atomic E-state index is 12.8. The zero-order valence-electron chi connectivity index (χ0n) is 14.9. The third-order valence-corrected chi connectivity index (χ3v) is 5.74. The first-order valence-electron chi connectivity index (χ1n) is 8.84. The molecule has 0 aliphatic carbocycles. The lowest BCUT2D eigenvalue weighted by atomic mass is 10.2. The Morgan fingerprint density at radius 1 is 1.04 bits per heavy atom. The molecule has 1 N–H and O–H groups in total. The van der Waals surface area contributed by atoms with E-state index in [4.69, 9.17) is 4.74 Å². The summed E-state index contributed by atoms with van der Waals surface area (Å²) < 4.78 is 33.7. The van der Waals surface area contributed by atoms with Gasteiger partial charge in [0.2, 0.25) is 0 Å². The molecule has 8 heteroatoms. The lowest BCUT2D eigenvalue weighted by Crippen LogP contribution is -2.38. The fourth-order valence-electron chi connectivity index (χ4n) is 2.88. The van der Waals surface area contributed by atoms with E-state index < -0.39 is 10.0 Å². The second-order valence-electron chi connectivity index (χ2n) is 6.24. The molecule has 1 aliphatic rings. The van der Waals surface area contributed by atoms with Gasteiger partial charge in [-0.2, -0.15) is 0 Å². The normalized spacial score (nSPS) is 14.0. The molecule has 2 aromatic carbocycles. The molecular weight excluding hydrogens is 364 g/mol. The summed E-state index contributed by atoms with van der Waals surface area (Å²) in [5.41, 5.74) is 1.38. The Kier molecular flexibility index (Phi) is 4.57. The van der Waals surface area contributed by atoms with E-state index in [0.717, 1.165) is 25.0 Å². The Morgan fingerprint density at radius 2 is 1.70 bits per heavy atom. The zero-order valence-corrected chi connectivity index (χ0v) is 15.7. The molecule has 1 saturated heterocycles. The van der Waals surface area contributed by atoms with Crippen LogP contribution in [0.3, 0.4) is 0 Å². The summed E-state index contributed by atoms with van der Waals surface area (Å²) in [5, 5.41) is 0. The fourth-order valence-corrected chi connectivity index (χ4v) is 3.88. The second kappa shape index (κ2) is 7.03. The molecule has 140 valence electrons. The fraction of sp³-hybridized carbons (Fsp3) is 0.263. The number of benzene rings is 2. The van der Waals surface area contributed by atoms with E-state index in [9.17, 15) is 8.42 Å². The van der Waals surface area contributed by atoms with E-state index in [0.29, 0.717) is 23.7 Å². The monoisotopic (exact) mass is 384 g/mol. The van der Waals surface area contributed by atoms with Crippen molar-refractivity contribution < 1.29 is 13.2 Å². The summed E-state index contributed by atoms with van der Waals surface area (Å²) in [6.07, 6.45) is 1.06. The summed E-state index contributed by atoms with van der Waals surface area (Å²) in [6, 6.07) is 13.7. The van der Waals surface area contributed by atoms with Crippen molar-refractivity contribution in [1.82, 2.24) is 9.97 Å². The average Bonchev–Trinajstić information content (AvgIpc) is 2.61. The Labute approximate surface area is 158 Å². The van der Waals surface area contributed by atoms with Crippen LogP contribution in [0.5, 0.6) is 5.75 Å². The molecule has 1 aliphatic heterocycles. The zero-order chi connectivity index (χ0) is 18.9. The maximum Gasteiger partial charge on any atom is 0.263 e. The van der Waals surface area contributed by atoms with E-state index >= 15 is 0 Å². The Morgan fingerprint density at radius 3 is 2.30 bits per heavy atom. The smallest absolute Gasteiger partial charge is 0.263 e. The van der Waals surface area contributed by atoms with E-state index in [1.54, 1.807) is 12.1 Å². The van der Waals surface area contributed by atoms with Gasteiger partial charge in [-0.15, -0.1) is 0 Å². The number of aromatic nitrogens is 2. The SMILES string of the molecule is CCOc1ccc(S(=O)(=O)Nc2nc3ccccc3nc2N2CCC2)cc1. The average molecular weight is 384 g/mol. The molecule has 7 nitrogen and oxygen atoms in total. The first kappa shape index (κ1) is 17.5. The minimum Gasteiger partial charge on any atom is -0.494 e. The molecule has 0 saturated carbocycles. The van der Waals surface area contributed by atoms with Crippen molar-refractivity contribution in [2.45, 2.75) is 18.2 Å². The van der Waals surface area contributed by atoms with E-state index in [2.05, 4.69) is 14.7 Å². The Hall–Kier alpha value is -2.87. The van der Waals surface area contributed by atoms with Crippen LogP contribution in [0.25, 0.3) is 11.0 Å². The summed E-state index contributed by atoms with van der Waals surface area (Å²) >= 11 is 0. The molecule has 27 heavy (non-hydrogen) atoms. The minimum absolute atomic E-state index is 0.149. The quantitative estimate of drug-likeness (QED) is 0.703. The molecule has 1 aromatic heterocycles. The van der Waals surface area contributed by atoms with E-state index in [1.807, 2.05) is 36.1 Å². The lowest BCUT2D eigenvalue weighted by molar-refractivity contribution is 0.340. The van der Waals surface area contributed by atoms with Gasteiger partial charge in [0.05, 0.1) is 22.5 Å². The van der Waals surface area contributed by atoms with Crippen molar-refractivity contribution in [2.24, 2.45) is 0 Å². The van der Waals surface area contributed by atoms with Crippen LogP contribution in [0.15, 0.2) is 53.4 Å². The first-order valence-corrected chi connectivity index (χ1v) is 10.3. The topological polar surface area (TPSA) is 84.4 Å². The molecular formula is C19H20N4O3S. The molecule has 2 heterocycles. The van der Waals surface area contributed by atoms with Crippen molar-refractivity contribution in [2.75, 3.05) is 29.3 Å². The lowest BCUT2D eigenvalue weighted by Gasteiger charge is -2.33. The molecule has 0 radical (unpaired) electrons. The van der Waals surface area contributed by atoms with Gasteiger partial charge in [-0.05, 0) is 49.7 Å². The summed E-state index contributed by atoms with van der Waals surface area (Å²) in [7, 11) is -3.79. The van der Waals surface area contributed by atoms with Gasteiger partial charge in [0.25, 0.3) is 10.0 Å². The highest BCUT2D eigenvalue weighted by Gasteiger charge is 2.24. The molecule has 0 bridgehead atoms. The second-order valence-corrected chi connectivity index (χ2v) is 7.92. The van der Waals surface area contributed by atoms with Gasteiger partial charge in [-0.25, -0.2) is 18.4 Å². The molecule has 3 aromatic rings. The third-order valence-electron chi connectivity index (χ3n) is 4.38. The van der Waals surface area contributed by atoms with Crippen LogP contribution in [0.1, 0.15) is 13.3 Å². The highest BCUT2D eigenvalue weighted by molar-refractivity contribution is 7.92. The summed E-state index contributed by atoms with van der Waals surface area (Å²) in [5.74, 6) is 1.44. The van der Waals surface area contributed by atoms with Crippen LogP contribution in [0.2, 0.25) is 0 Å². The highest BCUT2D eigenvalue weighted by Crippen LogP contribution is 2.30.